The lowest BCUT2D eigenvalue weighted by atomic mass is 10.1. The van der Waals surface area contributed by atoms with Crippen molar-refractivity contribution in [1.82, 2.24) is 5.32 Å². The van der Waals surface area contributed by atoms with Gasteiger partial charge in [-0.1, -0.05) is 27.2 Å². The molecule has 0 radical (unpaired) electrons. The lowest BCUT2D eigenvalue weighted by Crippen LogP contribution is -2.41. The number of ether oxygens (including phenoxy) is 1. The molecule has 0 aliphatic carbocycles. The van der Waals surface area contributed by atoms with Gasteiger partial charge in [0.05, 0.1) is 6.61 Å². The van der Waals surface area contributed by atoms with E-state index in [2.05, 4.69) is 12.2 Å². The standard InChI is InChI=1S/C10H21NO2.ClH/c1-5-7-9(11-8(3)4)10(12)13-6-2;/h8-9,11H,5-7H2,1-4H3;1H. The van der Waals surface area contributed by atoms with Crippen LogP contribution in [0.1, 0.15) is 40.5 Å². The third kappa shape index (κ3) is 7.15. The summed E-state index contributed by atoms with van der Waals surface area (Å²) < 4.78 is 4.96. The van der Waals surface area contributed by atoms with Crippen molar-refractivity contribution in [3.63, 3.8) is 0 Å². The van der Waals surface area contributed by atoms with Crippen LogP contribution in [0.5, 0.6) is 0 Å². The summed E-state index contributed by atoms with van der Waals surface area (Å²) in [4.78, 5) is 11.4. The molecule has 3 nitrogen and oxygen atoms in total. The van der Waals surface area contributed by atoms with E-state index in [1.54, 1.807) is 0 Å². The van der Waals surface area contributed by atoms with Crippen molar-refractivity contribution < 1.29 is 9.53 Å². The number of rotatable bonds is 6. The minimum Gasteiger partial charge on any atom is -0.465 e. The molecule has 0 aromatic rings. The van der Waals surface area contributed by atoms with Gasteiger partial charge in [0.1, 0.15) is 6.04 Å². The smallest absolute Gasteiger partial charge is 0.323 e. The SMILES string of the molecule is CCCC(NC(C)C)C(=O)OCC.Cl. The first-order chi connectivity index (χ1) is 6.11. The molecule has 0 spiro atoms. The Bertz CT molecular complexity index is 151. The second-order valence-corrected chi connectivity index (χ2v) is 3.41. The van der Waals surface area contributed by atoms with Crippen molar-refractivity contribution in [3.8, 4) is 0 Å². The van der Waals surface area contributed by atoms with E-state index in [-0.39, 0.29) is 24.4 Å². The summed E-state index contributed by atoms with van der Waals surface area (Å²) in [6.45, 7) is 8.41. The molecule has 0 rings (SSSR count). The Hall–Kier alpha value is -0.280. The molecule has 1 atom stereocenters. The first-order valence-corrected chi connectivity index (χ1v) is 5.04. The molecule has 0 saturated heterocycles. The second kappa shape index (κ2) is 9.28. The molecule has 0 aliphatic heterocycles. The summed E-state index contributed by atoms with van der Waals surface area (Å²) in [5.74, 6) is -0.127. The summed E-state index contributed by atoms with van der Waals surface area (Å²) in [7, 11) is 0. The molecule has 0 amide bonds. The van der Waals surface area contributed by atoms with Crippen molar-refractivity contribution in [2.75, 3.05) is 6.61 Å². The van der Waals surface area contributed by atoms with Gasteiger partial charge in [-0.15, -0.1) is 12.4 Å². The highest BCUT2D eigenvalue weighted by Crippen LogP contribution is 2.00. The maximum absolute atomic E-state index is 11.4. The number of nitrogens with one attached hydrogen (secondary N) is 1. The highest BCUT2D eigenvalue weighted by Gasteiger charge is 2.18. The van der Waals surface area contributed by atoms with Gasteiger partial charge < -0.3 is 10.1 Å². The van der Waals surface area contributed by atoms with Gasteiger partial charge in [0.25, 0.3) is 0 Å². The van der Waals surface area contributed by atoms with Crippen LogP contribution in [0.25, 0.3) is 0 Å². The number of hydrogen-bond donors (Lipinski definition) is 1. The molecule has 0 aromatic heterocycles. The van der Waals surface area contributed by atoms with Crippen LogP contribution in [-0.4, -0.2) is 24.7 Å². The van der Waals surface area contributed by atoms with Crippen LogP contribution in [0.4, 0.5) is 0 Å². The van der Waals surface area contributed by atoms with Crippen LogP contribution in [0, 0.1) is 0 Å². The zero-order valence-corrected chi connectivity index (χ0v) is 10.3. The summed E-state index contributed by atoms with van der Waals surface area (Å²) in [5, 5.41) is 3.19. The molecule has 0 saturated carbocycles. The van der Waals surface area contributed by atoms with Gasteiger partial charge in [-0.05, 0) is 13.3 Å². The Balaban J connectivity index is 0. The highest BCUT2D eigenvalue weighted by atomic mass is 35.5. The van der Waals surface area contributed by atoms with Crippen LogP contribution in [0.3, 0.4) is 0 Å². The Kier molecular flexibility index (Phi) is 10.7. The number of carbonyl (C=O) groups is 1. The highest BCUT2D eigenvalue weighted by molar-refractivity contribution is 5.85. The average molecular weight is 224 g/mol. The monoisotopic (exact) mass is 223 g/mol. The number of carbonyl (C=O) groups excluding carboxylic acids is 1. The molecular formula is C10H22ClNO2. The van der Waals surface area contributed by atoms with Gasteiger partial charge in [0, 0.05) is 6.04 Å². The lowest BCUT2D eigenvalue weighted by molar-refractivity contribution is -0.146. The van der Waals surface area contributed by atoms with E-state index >= 15 is 0 Å². The first-order valence-electron chi connectivity index (χ1n) is 5.04. The minimum atomic E-state index is -0.134. The van der Waals surface area contributed by atoms with Crippen molar-refractivity contribution in [1.29, 1.82) is 0 Å². The number of hydrogen-bond acceptors (Lipinski definition) is 3. The van der Waals surface area contributed by atoms with E-state index in [9.17, 15) is 4.79 Å². The lowest BCUT2D eigenvalue weighted by Gasteiger charge is -2.18. The van der Waals surface area contributed by atoms with Crippen LogP contribution in [0.2, 0.25) is 0 Å². The van der Waals surface area contributed by atoms with Crippen molar-refractivity contribution in [2.45, 2.75) is 52.6 Å². The Morgan fingerprint density at radius 3 is 2.29 bits per heavy atom. The number of halogens is 1. The topological polar surface area (TPSA) is 38.3 Å². The fourth-order valence-corrected chi connectivity index (χ4v) is 1.20. The van der Waals surface area contributed by atoms with Crippen LogP contribution in [0.15, 0.2) is 0 Å². The quantitative estimate of drug-likeness (QED) is 0.702. The fourth-order valence-electron chi connectivity index (χ4n) is 1.20. The molecule has 86 valence electrons. The molecule has 0 heterocycles. The van der Waals surface area contributed by atoms with E-state index < -0.39 is 0 Å². The molecule has 0 bridgehead atoms. The van der Waals surface area contributed by atoms with Crippen molar-refractivity contribution >= 4 is 18.4 Å². The summed E-state index contributed by atoms with van der Waals surface area (Å²) in [5.41, 5.74) is 0. The van der Waals surface area contributed by atoms with E-state index in [0.717, 1.165) is 12.8 Å². The van der Waals surface area contributed by atoms with Crippen LogP contribution >= 0.6 is 12.4 Å². The van der Waals surface area contributed by atoms with Crippen LogP contribution in [-0.2, 0) is 9.53 Å². The van der Waals surface area contributed by atoms with Crippen LogP contribution < -0.4 is 5.32 Å². The molecule has 1 N–H and O–H groups in total. The van der Waals surface area contributed by atoms with E-state index in [4.69, 9.17) is 4.74 Å². The zero-order valence-electron chi connectivity index (χ0n) is 9.50. The Labute approximate surface area is 93.0 Å². The van der Waals surface area contributed by atoms with Gasteiger partial charge in [-0.3, -0.25) is 4.79 Å². The second-order valence-electron chi connectivity index (χ2n) is 3.41. The van der Waals surface area contributed by atoms with Gasteiger partial charge in [-0.2, -0.15) is 0 Å². The molecule has 0 aliphatic rings. The van der Waals surface area contributed by atoms with Gasteiger partial charge in [-0.25, -0.2) is 0 Å². The predicted octanol–water partition coefficient (Wildman–Crippen LogP) is 2.14. The molecule has 4 heteroatoms. The number of esters is 1. The Morgan fingerprint density at radius 2 is 1.93 bits per heavy atom. The fraction of sp³-hybridized carbons (Fsp3) is 0.900. The summed E-state index contributed by atoms with van der Waals surface area (Å²) >= 11 is 0. The van der Waals surface area contributed by atoms with Gasteiger partial charge in [0.15, 0.2) is 0 Å². The van der Waals surface area contributed by atoms with Gasteiger partial charge >= 0.3 is 5.97 Å². The van der Waals surface area contributed by atoms with E-state index in [1.165, 1.54) is 0 Å². The van der Waals surface area contributed by atoms with E-state index in [1.807, 2.05) is 20.8 Å². The normalized spacial score (nSPS) is 12.1. The van der Waals surface area contributed by atoms with Crippen molar-refractivity contribution in [2.24, 2.45) is 0 Å². The molecule has 0 fully saturated rings. The zero-order chi connectivity index (χ0) is 10.3. The van der Waals surface area contributed by atoms with Gasteiger partial charge in [0.2, 0.25) is 0 Å². The molecule has 0 aromatic carbocycles. The molecule has 1 unspecified atom stereocenters. The maximum atomic E-state index is 11.4. The third-order valence-corrected chi connectivity index (χ3v) is 1.68. The maximum Gasteiger partial charge on any atom is 0.323 e. The minimum absolute atomic E-state index is 0. The van der Waals surface area contributed by atoms with Crippen molar-refractivity contribution in [3.05, 3.63) is 0 Å². The first kappa shape index (κ1) is 16.2. The molecule has 14 heavy (non-hydrogen) atoms. The van der Waals surface area contributed by atoms with E-state index in [0.29, 0.717) is 12.6 Å². The average Bonchev–Trinajstić information content (AvgIpc) is 2.03. The predicted molar refractivity (Wildman–Crippen MR) is 60.8 cm³/mol. The largest absolute Gasteiger partial charge is 0.465 e. The Morgan fingerprint density at radius 1 is 1.36 bits per heavy atom. The molecular weight excluding hydrogens is 202 g/mol. The summed E-state index contributed by atoms with van der Waals surface area (Å²) in [6.07, 6.45) is 1.83. The summed E-state index contributed by atoms with van der Waals surface area (Å²) in [6, 6.07) is 0.186. The third-order valence-electron chi connectivity index (χ3n) is 1.68.